The maximum absolute atomic E-state index is 13.1. The first kappa shape index (κ1) is 19.6. The highest BCUT2D eigenvalue weighted by Crippen LogP contribution is 2.28. The molecule has 1 N–H and O–H groups in total. The number of rotatable bonds is 6. The minimum absolute atomic E-state index is 0.0826. The molecule has 1 unspecified atom stereocenters. The van der Waals surface area contributed by atoms with E-state index in [1.165, 1.54) is 4.90 Å². The number of fused-ring (bicyclic) bond motifs is 1. The van der Waals surface area contributed by atoms with Crippen molar-refractivity contribution in [2.24, 2.45) is 0 Å². The summed E-state index contributed by atoms with van der Waals surface area (Å²) < 4.78 is 7.77. The molecule has 0 radical (unpaired) electrons. The molecule has 0 spiro atoms. The summed E-state index contributed by atoms with van der Waals surface area (Å²) in [6, 6.07) is 10.8. The van der Waals surface area contributed by atoms with E-state index in [0.717, 1.165) is 17.7 Å². The molecule has 0 bridgehead atoms. The van der Waals surface area contributed by atoms with Crippen LogP contribution in [-0.2, 0) is 16.0 Å². The Morgan fingerprint density at radius 2 is 2.03 bits per heavy atom. The number of aromatic nitrogens is 3. The van der Waals surface area contributed by atoms with Gasteiger partial charge in [0.1, 0.15) is 12.3 Å². The molecule has 2 amide bonds. The molecular formula is C22H23N5O3. The van der Waals surface area contributed by atoms with Gasteiger partial charge < -0.3 is 10.1 Å². The molecule has 30 heavy (non-hydrogen) atoms. The number of nitrogens with one attached hydrogen (secondary N) is 1. The van der Waals surface area contributed by atoms with Crippen LogP contribution in [0.5, 0.6) is 5.75 Å². The zero-order chi connectivity index (χ0) is 21.1. The van der Waals surface area contributed by atoms with Crippen LogP contribution in [0.15, 0.2) is 55.0 Å². The maximum Gasteiger partial charge on any atom is 0.269 e. The number of carbonyl (C=O) groups is 2. The van der Waals surface area contributed by atoms with Crippen molar-refractivity contribution in [2.45, 2.75) is 32.8 Å². The fourth-order valence-corrected chi connectivity index (χ4v) is 3.31. The van der Waals surface area contributed by atoms with Crippen molar-refractivity contribution >= 4 is 23.3 Å². The van der Waals surface area contributed by atoms with Gasteiger partial charge in [0.2, 0.25) is 5.91 Å². The highest BCUT2D eigenvalue weighted by Gasteiger charge is 2.33. The molecule has 0 saturated heterocycles. The fraction of sp³-hybridized carbons (Fsp3) is 0.273. The molecule has 1 aliphatic rings. The van der Waals surface area contributed by atoms with Crippen LogP contribution < -0.4 is 15.0 Å². The van der Waals surface area contributed by atoms with E-state index in [4.69, 9.17) is 4.74 Å². The number of hydrogen-bond donors (Lipinski definition) is 1. The second-order valence-electron chi connectivity index (χ2n) is 7.00. The van der Waals surface area contributed by atoms with Gasteiger partial charge in [0.25, 0.3) is 5.91 Å². The Morgan fingerprint density at radius 1 is 1.23 bits per heavy atom. The zero-order valence-electron chi connectivity index (χ0n) is 16.9. The number of ether oxygens (including phenoxy) is 1. The highest BCUT2D eigenvalue weighted by molar-refractivity contribution is 6.10. The van der Waals surface area contributed by atoms with Crippen molar-refractivity contribution < 1.29 is 14.3 Å². The Balaban J connectivity index is 1.51. The van der Waals surface area contributed by atoms with E-state index in [1.54, 1.807) is 23.0 Å². The standard InChI is InChI=1S/C22H23N5O3/c1-3-15-12-24-27(13-15)16-7-9-17(10-8-16)30-19(4-2)22(29)26-14-20(28)25-18-6-5-11-23-21(18)26/h5-13,19H,3-4,14H2,1-2H3,(H,25,28). The van der Waals surface area contributed by atoms with Gasteiger partial charge in [0.15, 0.2) is 11.9 Å². The van der Waals surface area contributed by atoms with Gasteiger partial charge >= 0.3 is 0 Å². The number of nitrogens with zero attached hydrogens (tertiary/aromatic N) is 4. The minimum Gasteiger partial charge on any atom is -0.481 e. The summed E-state index contributed by atoms with van der Waals surface area (Å²) in [5, 5.41) is 7.09. The van der Waals surface area contributed by atoms with Crippen molar-refractivity contribution in [1.82, 2.24) is 14.8 Å². The molecular weight excluding hydrogens is 382 g/mol. The van der Waals surface area contributed by atoms with Crippen LogP contribution in [0.25, 0.3) is 5.69 Å². The number of hydrogen-bond acceptors (Lipinski definition) is 5. The first-order valence-corrected chi connectivity index (χ1v) is 9.96. The zero-order valence-corrected chi connectivity index (χ0v) is 16.9. The van der Waals surface area contributed by atoms with E-state index in [-0.39, 0.29) is 18.4 Å². The molecule has 4 rings (SSSR count). The van der Waals surface area contributed by atoms with Gasteiger partial charge in [-0.05, 0) is 54.8 Å². The summed E-state index contributed by atoms with van der Waals surface area (Å²) in [4.78, 5) is 30.8. The largest absolute Gasteiger partial charge is 0.481 e. The van der Waals surface area contributed by atoms with Gasteiger partial charge in [-0.2, -0.15) is 5.10 Å². The van der Waals surface area contributed by atoms with Gasteiger partial charge in [0, 0.05) is 12.4 Å². The Labute approximate surface area is 174 Å². The third-order valence-electron chi connectivity index (χ3n) is 4.95. The number of amides is 2. The average molecular weight is 405 g/mol. The number of anilines is 2. The van der Waals surface area contributed by atoms with E-state index < -0.39 is 6.10 Å². The molecule has 8 nitrogen and oxygen atoms in total. The predicted molar refractivity (Wildman–Crippen MR) is 113 cm³/mol. The van der Waals surface area contributed by atoms with Crippen molar-refractivity contribution in [3.8, 4) is 11.4 Å². The van der Waals surface area contributed by atoms with Gasteiger partial charge in [-0.3, -0.25) is 14.5 Å². The molecule has 1 atom stereocenters. The minimum atomic E-state index is -0.729. The molecule has 154 valence electrons. The molecule has 1 aliphatic heterocycles. The maximum atomic E-state index is 13.1. The summed E-state index contributed by atoms with van der Waals surface area (Å²) in [5.41, 5.74) is 2.59. The number of benzene rings is 1. The van der Waals surface area contributed by atoms with E-state index in [0.29, 0.717) is 23.7 Å². The quantitative estimate of drug-likeness (QED) is 0.681. The van der Waals surface area contributed by atoms with Crippen LogP contribution in [0.2, 0.25) is 0 Å². The summed E-state index contributed by atoms with van der Waals surface area (Å²) in [7, 11) is 0. The predicted octanol–water partition coefficient (Wildman–Crippen LogP) is 2.97. The lowest BCUT2D eigenvalue weighted by molar-refractivity contribution is -0.127. The smallest absolute Gasteiger partial charge is 0.269 e. The Morgan fingerprint density at radius 3 is 2.73 bits per heavy atom. The van der Waals surface area contributed by atoms with Crippen LogP contribution in [0.1, 0.15) is 25.8 Å². The van der Waals surface area contributed by atoms with Gasteiger partial charge in [-0.1, -0.05) is 13.8 Å². The Kier molecular flexibility index (Phi) is 5.47. The second-order valence-corrected chi connectivity index (χ2v) is 7.00. The summed E-state index contributed by atoms with van der Waals surface area (Å²) in [6.45, 7) is 3.87. The lowest BCUT2D eigenvalue weighted by atomic mass is 10.2. The molecule has 8 heteroatoms. The average Bonchev–Trinajstić information content (AvgIpc) is 3.26. The lowest BCUT2D eigenvalue weighted by Crippen LogP contribution is -2.48. The summed E-state index contributed by atoms with van der Waals surface area (Å²) in [6.07, 6.45) is 6.08. The Bertz CT molecular complexity index is 1060. The summed E-state index contributed by atoms with van der Waals surface area (Å²) >= 11 is 0. The van der Waals surface area contributed by atoms with Crippen molar-refractivity contribution in [2.75, 3.05) is 16.8 Å². The second kappa shape index (κ2) is 8.36. The normalized spacial score (nSPS) is 14.1. The van der Waals surface area contributed by atoms with Crippen molar-refractivity contribution in [3.05, 3.63) is 60.6 Å². The van der Waals surface area contributed by atoms with E-state index in [2.05, 4.69) is 22.3 Å². The van der Waals surface area contributed by atoms with Crippen LogP contribution in [0, 0.1) is 0 Å². The fourth-order valence-electron chi connectivity index (χ4n) is 3.31. The number of aryl methyl sites for hydroxylation is 1. The van der Waals surface area contributed by atoms with Gasteiger partial charge in [-0.25, -0.2) is 9.67 Å². The van der Waals surface area contributed by atoms with E-state index in [9.17, 15) is 9.59 Å². The number of pyridine rings is 1. The molecule has 0 aliphatic carbocycles. The third-order valence-corrected chi connectivity index (χ3v) is 4.95. The van der Waals surface area contributed by atoms with Crippen molar-refractivity contribution in [1.29, 1.82) is 0 Å². The van der Waals surface area contributed by atoms with Crippen LogP contribution >= 0.6 is 0 Å². The number of carbonyl (C=O) groups excluding carboxylic acids is 2. The van der Waals surface area contributed by atoms with Crippen LogP contribution in [0.4, 0.5) is 11.5 Å². The topological polar surface area (TPSA) is 89.4 Å². The van der Waals surface area contributed by atoms with E-state index in [1.807, 2.05) is 43.6 Å². The van der Waals surface area contributed by atoms with E-state index >= 15 is 0 Å². The SMILES string of the molecule is CCc1cnn(-c2ccc(OC(CC)C(=O)N3CC(=O)Nc4cccnc43)cc2)c1. The molecule has 1 aromatic carbocycles. The summed E-state index contributed by atoms with van der Waals surface area (Å²) in [5.74, 6) is 0.458. The molecule has 0 fully saturated rings. The highest BCUT2D eigenvalue weighted by atomic mass is 16.5. The molecule has 3 heterocycles. The first-order valence-electron chi connectivity index (χ1n) is 9.96. The monoisotopic (exact) mass is 405 g/mol. The lowest BCUT2D eigenvalue weighted by Gasteiger charge is -2.30. The first-order chi connectivity index (χ1) is 14.6. The molecule has 0 saturated carbocycles. The van der Waals surface area contributed by atoms with Crippen LogP contribution in [0.3, 0.4) is 0 Å². The van der Waals surface area contributed by atoms with Gasteiger partial charge in [-0.15, -0.1) is 0 Å². The third kappa shape index (κ3) is 3.89. The molecule has 2 aromatic heterocycles. The Hall–Kier alpha value is -3.68. The molecule has 3 aromatic rings. The van der Waals surface area contributed by atoms with Gasteiger partial charge in [0.05, 0.1) is 17.6 Å². The van der Waals surface area contributed by atoms with Crippen molar-refractivity contribution in [3.63, 3.8) is 0 Å². The van der Waals surface area contributed by atoms with Crippen LogP contribution in [-0.4, -0.2) is 39.2 Å².